The van der Waals surface area contributed by atoms with E-state index in [1.54, 1.807) is 13.3 Å². The van der Waals surface area contributed by atoms with Gasteiger partial charge in [0.05, 0.1) is 13.5 Å². The molecule has 0 aliphatic carbocycles. The summed E-state index contributed by atoms with van der Waals surface area (Å²) in [5, 5.41) is 3.04. The predicted octanol–water partition coefficient (Wildman–Crippen LogP) is 2.83. The highest BCUT2D eigenvalue weighted by molar-refractivity contribution is 6.07. The van der Waals surface area contributed by atoms with E-state index in [2.05, 4.69) is 10.3 Å². The summed E-state index contributed by atoms with van der Waals surface area (Å²) in [6, 6.07) is 14.8. The molecule has 3 heterocycles. The highest BCUT2D eigenvalue weighted by Crippen LogP contribution is 2.54. The van der Waals surface area contributed by atoms with Gasteiger partial charge in [0, 0.05) is 37.2 Å². The standard InChI is InChI=1S/C24H24N4O3/c1-27-14-12-25-22(27)21-24(17-8-4-5-9-18(17)26-23(24)30)11-13-28(21)20(29)15-16-7-3-6-10-19(16)31-2/h3-10,12,14,21H,11,13,15H2,1-2H3,(H,26,30)/t21-,24+/m0/s1. The Bertz CT molecular complexity index is 1170. The SMILES string of the molecule is COc1ccccc1CC(=O)N1CC[C@]2(C(=O)Nc3ccccc32)[C@@H]1c1nccn1C. The van der Waals surface area contributed by atoms with E-state index in [1.807, 2.05) is 71.2 Å². The number of methoxy groups -OCH3 is 1. The molecular weight excluding hydrogens is 392 g/mol. The fourth-order valence-corrected chi connectivity index (χ4v) is 5.07. The number of nitrogens with one attached hydrogen (secondary N) is 1. The number of hydrogen-bond acceptors (Lipinski definition) is 4. The highest BCUT2D eigenvalue weighted by Gasteiger charge is 2.60. The van der Waals surface area contributed by atoms with Gasteiger partial charge in [0.15, 0.2) is 0 Å². The maximum absolute atomic E-state index is 13.6. The number of aromatic nitrogens is 2. The van der Waals surface area contributed by atoms with Crippen LogP contribution in [0.15, 0.2) is 60.9 Å². The molecule has 0 radical (unpaired) electrons. The van der Waals surface area contributed by atoms with Gasteiger partial charge in [-0.25, -0.2) is 4.98 Å². The first-order chi connectivity index (χ1) is 15.1. The van der Waals surface area contributed by atoms with E-state index in [-0.39, 0.29) is 18.2 Å². The van der Waals surface area contributed by atoms with E-state index in [4.69, 9.17) is 4.74 Å². The molecule has 1 fully saturated rings. The summed E-state index contributed by atoms with van der Waals surface area (Å²) in [6.45, 7) is 0.479. The van der Waals surface area contributed by atoms with Gasteiger partial charge in [0.1, 0.15) is 23.0 Å². The van der Waals surface area contributed by atoms with Crippen LogP contribution in [-0.4, -0.2) is 39.9 Å². The van der Waals surface area contributed by atoms with Crippen molar-refractivity contribution in [3.05, 3.63) is 77.9 Å². The first kappa shape index (κ1) is 19.4. The summed E-state index contributed by atoms with van der Waals surface area (Å²) in [5.41, 5.74) is 1.71. The second-order valence-corrected chi connectivity index (χ2v) is 8.10. The zero-order valence-corrected chi connectivity index (χ0v) is 17.5. The van der Waals surface area contributed by atoms with Crippen LogP contribution in [0.5, 0.6) is 5.75 Å². The molecule has 2 amide bonds. The van der Waals surface area contributed by atoms with Crippen LogP contribution < -0.4 is 10.1 Å². The van der Waals surface area contributed by atoms with Crippen LogP contribution in [0.3, 0.4) is 0 Å². The average Bonchev–Trinajstić information content (AvgIpc) is 3.45. The van der Waals surface area contributed by atoms with Crippen molar-refractivity contribution in [2.45, 2.75) is 24.3 Å². The Labute approximate surface area is 180 Å². The van der Waals surface area contributed by atoms with Crippen molar-refractivity contribution in [2.75, 3.05) is 19.0 Å². The molecule has 1 saturated heterocycles. The van der Waals surface area contributed by atoms with Crippen LogP contribution in [0.2, 0.25) is 0 Å². The average molecular weight is 416 g/mol. The summed E-state index contributed by atoms with van der Waals surface area (Å²) in [4.78, 5) is 33.3. The summed E-state index contributed by atoms with van der Waals surface area (Å²) >= 11 is 0. The van der Waals surface area contributed by atoms with Gasteiger partial charge in [-0.3, -0.25) is 9.59 Å². The topological polar surface area (TPSA) is 76.5 Å². The Balaban J connectivity index is 1.59. The lowest BCUT2D eigenvalue weighted by molar-refractivity contribution is -0.133. The Morgan fingerprint density at radius 2 is 2.00 bits per heavy atom. The molecule has 0 unspecified atom stereocenters. The van der Waals surface area contributed by atoms with Gasteiger partial charge in [-0.05, 0) is 24.1 Å². The molecular formula is C24H24N4O3. The number of ether oxygens (including phenoxy) is 1. The quantitative estimate of drug-likeness (QED) is 0.710. The van der Waals surface area contributed by atoms with Crippen LogP contribution in [-0.2, 0) is 28.5 Å². The zero-order valence-electron chi connectivity index (χ0n) is 17.5. The fourth-order valence-electron chi connectivity index (χ4n) is 5.07. The van der Waals surface area contributed by atoms with Gasteiger partial charge in [0.25, 0.3) is 0 Å². The largest absolute Gasteiger partial charge is 0.496 e. The molecule has 158 valence electrons. The molecule has 0 bridgehead atoms. The molecule has 1 N–H and O–H groups in total. The second kappa shape index (κ2) is 7.27. The van der Waals surface area contributed by atoms with E-state index in [1.165, 1.54) is 0 Å². The maximum Gasteiger partial charge on any atom is 0.237 e. The molecule has 0 saturated carbocycles. The van der Waals surface area contributed by atoms with Crippen LogP contribution >= 0.6 is 0 Å². The molecule has 31 heavy (non-hydrogen) atoms. The number of benzene rings is 2. The van der Waals surface area contributed by atoms with Gasteiger partial charge in [-0.2, -0.15) is 0 Å². The smallest absolute Gasteiger partial charge is 0.237 e. The van der Waals surface area contributed by atoms with Crippen molar-refractivity contribution < 1.29 is 14.3 Å². The Morgan fingerprint density at radius 1 is 1.23 bits per heavy atom. The summed E-state index contributed by atoms with van der Waals surface area (Å²) in [7, 11) is 3.50. The molecule has 7 nitrogen and oxygen atoms in total. The molecule has 2 aliphatic heterocycles. The first-order valence-electron chi connectivity index (χ1n) is 10.4. The highest BCUT2D eigenvalue weighted by atomic mass is 16.5. The van der Waals surface area contributed by atoms with Crippen molar-refractivity contribution in [3.63, 3.8) is 0 Å². The maximum atomic E-state index is 13.6. The molecule has 7 heteroatoms. The molecule has 1 spiro atoms. The van der Waals surface area contributed by atoms with Crippen LogP contribution in [0.25, 0.3) is 0 Å². The molecule has 3 aromatic rings. The number of anilines is 1. The summed E-state index contributed by atoms with van der Waals surface area (Å²) in [5.74, 6) is 1.26. The number of fused-ring (bicyclic) bond motifs is 2. The third-order valence-corrected chi connectivity index (χ3v) is 6.54. The summed E-state index contributed by atoms with van der Waals surface area (Å²) in [6.07, 6.45) is 4.31. The number of para-hydroxylation sites is 2. The summed E-state index contributed by atoms with van der Waals surface area (Å²) < 4.78 is 7.33. The van der Waals surface area contributed by atoms with Gasteiger partial charge in [0.2, 0.25) is 11.8 Å². The van der Waals surface area contributed by atoms with E-state index in [0.29, 0.717) is 24.5 Å². The molecule has 2 aliphatic rings. The lowest BCUT2D eigenvalue weighted by Gasteiger charge is -2.33. The minimum Gasteiger partial charge on any atom is -0.496 e. The third kappa shape index (κ3) is 2.84. The minimum atomic E-state index is -0.855. The number of carbonyl (C=O) groups excluding carboxylic acids is 2. The van der Waals surface area contributed by atoms with Crippen molar-refractivity contribution in [1.82, 2.24) is 14.5 Å². The number of hydrogen-bond donors (Lipinski definition) is 1. The predicted molar refractivity (Wildman–Crippen MR) is 116 cm³/mol. The van der Waals surface area contributed by atoms with E-state index < -0.39 is 11.5 Å². The van der Waals surface area contributed by atoms with Crippen molar-refractivity contribution in [2.24, 2.45) is 7.05 Å². The van der Waals surface area contributed by atoms with Crippen LogP contribution in [0.1, 0.15) is 29.4 Å². The van der Waals surface area contributed by atoms with E-state index >= 15 is 0 Å². The molecule has 2 atom stereocenters. The Hall–Kier alpha value is -3.61. The van der Waals surface area contributed by atoms with Crippen LogP contribution in [0, 0.1) is 0 Å². The van der Waals surface area contributed by atoms with Gasteiger partial charge < -0.3 is 19.5 Å². The second-order valence-electron chi connectivity index (χ2n) is 8.10. The number of likely N-dealkylation sites (tertiary alicyclic amines) is 1. The minimum absolute atomic E-state index is 0.0495. The number of rotatable bonds is 4. The number of aryl methyl sites for hydroxylation is 1. The zero-order chi connectivity index (χ0) is 21.6. The van der Waals surface area contributed by atoms with E-state index in [9.17, 15) is 9.59 Å². The van der Waals surface area contributed by atoms with E-state index in [0.717, 1.165) is 16.8 Å². The van der Waals surface area contributed by atoms with Gasteiger partial charge >= 0.3 is 0 Å². The third-order valence-electron chi connectivity index (χ3n) is 6.54. The van der Waals surface area contributed by atoms with Gasteiger partial charge in [-0.1, -0.05) is 36.4 Å². The monoisotopic (exact) mass is 416 g/mol. The molecule has 2 aromatic carbocycles. The van der Waals surface area contributed by atoms with Crippen molar-refractivity contribution >= 4 is 17.5 Å². The van der Waals surface area contributed by atoms with Crippen LogP contribution in [0.4, 0.5) is 5.69 Å². The fraction of sp³-hybridized carbons (Fsp3) is 0.292. The number of nitrogens with zero attached hydrogens (tertiary/aromatic N) is 3. The Kier molecular flexibility index (Phi) is 4.54. The lowest BCUT2D eigenvalue weighted by atomic mass is 9.74. The van der Waals surface area contributed by atoms with Gasteiger partial charge in [-0.15, -0.1) is 0 Å². The lowest BCUT2D eigenvalue weighted by Crippen LogP contribution is -2.44. The van der Waals surface area contributed by atoms with Crippen molar-refractivity contribution in [3.8, 4) is 5.75 Å². The first-order valence-corrected chi connectivity index (χ1v) is 10.4. The number of carbonyl (C=O) groups is 2. The number of imidazole rings is 1. The van der Waals surface area contributed by atoms with Crippen molar-refractivity contribution in [1.29, 1.82) is 0 Å². The molecule has 5 rings (SSSR count). The Morgan fingerprint density at radius 3 is 2.77 bits per heavy atom. The normalized spacial score (nSPS) is 21.9. The number of amides is 2. The molecule has 1 aromatic heterocycles.